The third-order valence-corrected chi connectivity index (χ3v) is 2.22. The van der Waals surface area contributed by atoms with Gasteiger partial charge in [-0.25, -0.2) is 0 Å². The molecule has 9 heavy (non-hydrogen) atoms. The summed E-state index contributed by atoms with van der Waals surface area (Å²) in [5.41, 5.74) is 0. The van der Waals surface area contributed by atoms with E-state index in [0.29, 0.717) is 18.4 Å². The molecule has 0 amide bonds. The molecule has 2 unspecified atom stereocenters. The molecule has 2 nitrogen and oxygen atoms in total. The van der Waals surface area contributed by atoms with E-state index in [2.05, 4.69) is 18.7 Å². The summed E-state index contributed by atoms with van der Waals surface area (Å²) in [6.45, 7) is 5.70. The highest BCUT2D eigenvalue weighted by atomic mass is 16.6. The first-order chi connectivity index (χ1) is 4.29. The molecule has 2 fully saturated rings. The second kappa shape index (κ2) is 1.70. The van der Waals surface area contributed by atoms with Crippen LogP contribution in [0.1, 0.15) is 20.3 Å². The Kier molecular flexibility index (Phi) is 1.08. The van der Waals surface area contributed by atoms with Crippen LogP contribution in [-0.2, 0) is 4.74 Å². The Morgan fingerprint density at radius 1 is 1.56 bits per heavy atom. The van der Waals surface area contributed by atoms with E-state index < -0.39 is 0 Å². The van der Waals surface area contributed by atoms with Crippen LogP contribution in [0.25, 0.3) is 0 Å². The Morgan fingerprint density at radius 2 is 2.33 bits per heavy atom. The Hall–Kier alpha value is -0.0800. The molecule has 2 aliphatic heterocycles. The first-order valence-electron chi connectivity index (χ1n) is 3.70. The summed E-state index contributed by atoms with van der Waals surface area (Å²) in [5.74, 6) is 0. The highest BCUT2D eigenvalue weighted by Gasteiger charge is 2.49. The average molecular weight is 127 g/mol. The lowest BCUT2D eigenvalue weighted by Gasteiger charge is -2.19. The summed E-state index contributed by atoms with van der Waals surface area (Å²) in [4.78, 5) is 2.42. The van der Waals surface area contributed by atoms with Crippen molar-refractivity contribution in [2.24, 2.45) is 0 Å². The zero-order chi connectivity index (χ0) is 6.43. The number of ether oxygens (including phenoxy) is 1. The van der Waals surface area contributed by atoms with Gasteiger partial charge in [0.1, 0.15) is 12.3 Å². The van der Waals surface area contributed by atoms with Crippen LogP contribution in [0.4, 0.5) is 0 Å². The van der Waals surface area contributed by atoms with E-state index in [4.69, 9.17) is 4.74 Å². The van der Waals surface area contributed by atoms with Gasteiger partial charge in [-0.2, -0.15) is 0 Å². The smallest absolute Gasteiger partial charge is 0.138 e. The van der Waals surface area contributed by atoms with E-state index in [1.165, 1.54) is 13.0 Å². The summed E-state index contributed by atoms with van der Waals surface area (Å²) in [6.07, 6.45) is 2.36. The molecule has 2 rings (SSSR count). The number of hydrogen-bond donors (Lipinski definition) is 0. The molecule has 0 aromatic carbocycles. The SMILES string of the molecule is CC(C)N1CCC2OC21. The summed E-state index contributed by atoms with van der Waals surface area (Å²) >= 11 is 0. The minimum Gasteiger partial charge on any atom is -0.353 e. The Morgan fingerprint density at radius 3 is 2.56 bits per heavy atom. The molecule has 2 aliphatic rings. The number of likely N-dealkylation sites (tertiary alicyclic amines) is 1. The van der Waals surface area contributed by atoms with E-state index in [1.54, 1.807) is 0 Å². The third-order valence-electron chi connectivity index (χ3n) is 2.22. The van der Waals surface area contributed by atoms with E-state index in [9.17, 15) is 0 Å². The van der Waals surface area contributed by atoms with Crippen molar-refractivity contribution in [3.05, 3.63) is 0 Å². The van der Waals surface area contributed by atoms with Crippen molar-refractivity contribution >= 4 is 0 Å². The number of epoxide rings is 1. The first kappa shape index (κ1) is 5.69. The zero-order valence-corrected chi connectivity index (χ0v) is 6.00. The van der Waals surface area contributed by atoms with Crippen LogP contribution in [-0.4, -0.2) is 29.8 Å². The van der Waals surface area contributed by atoms with Crippen LogP contribution in [0.15, 0.2) is 0 Å². The van der Waals surface area contributed by atoms with Crippen molar-refractivity contribution in [2.75, 3.05) is 6.54 Å². The average Bonchev–Trinajstić information content (AvgIpc) is 2.43. The van der Waals surface area contributed by atoms with Crippen LogP contribution in [0.2, 0.25) is 0 Å². The lowest BCUT2D eigenvalue weighted by Crippen LogP contribution is -2.30. The third kappa shape index (κ3) is 0.775. The maximum absolute atomic E-state index is 5.35. The molecule has 0 saturated carbocycles. The Balaban J connectivity index is 1.98. The van der Waals surface area contributed by atoms with E-state index in [-0.39, 0.29) is 0 Å². The lowest BCUT2D eigenvalue weighted by atomic mass is 10.3. The number of rotatable bonds is 1. The monoisotopic (exact) mass is 127 g/mol. The topological polar surface area (TPSA) is 15.8 Å². The van der Waals surface area contributed by atoms with Gasteiger partial charge in [-0.15, -0.1) is 0 Å². The summed E-state index contributed by atoms with van der Waals surface area (Å²) in [5, 5.41) is 0. The molecule has 0 bridgehead atoms. The molecule has 2 saturated heterocycles. The molecule has 2 heteroatoms. The van der Waals surface area contributed by atoms with Crippen molar-refractivity contribution in [1.29, 1.82) is 0 Å². The van der Waals surface area contributed by atoms with Crippen molar-refractivity contribution in [3.63, 3.8) is 0 Å². The van der Waals surface area contributed by atoms with Crippen molar-refractivity contribution in [3.8, 4) is 0 Å². The number of hydrogen-bond acceptors (Lipinski definition) is 2. The molecule has 52 valence electrons. The Labute approximate surface area is 55.8 Å². The molecule has 0 spiro atoms. The van der Waals surface area contributed by atoms with Gasteiger partial charge < -0.3 is 4.74 Å². The predicted molar refractivity (Wildman–Crippen MR) is 35.1 cm³/mol. The molecule has 0 aromatic heterocycles. The van der Waals surface area contributed by atoms with Crippen molar-refractivity contribution in [2.45, 2.75) is 38.6 Å². The van der Waals surface area contributed by atoms with Gasteiger partial charge >= 0.3 is 0 Å². The summed E-state index contributed by atoms with van der Waals surface area (Å²) < 4.78 is 5.35. The normalized spacial score (nSPS) is 41.7. The van der Waals surface area contributed by atoms with E-state index >= 15 is 0 Å². The molecule has 2 heterocycles. The Bertz CT molecular complexity index is 124. The van der Waals surface area contributed by atoms with Crippen LogP contribution < -0.4 is 0 Å². The van der Waals surface area contributed by atoms with Crippen LogP contribution >= 0.6 is 0 Å². The van der Waals surface area contributed by atoms with Crippen molar-refractivity contribution in [1.82, 2.24) is 4.90 Å². The lowest BCUT2D eigenvalue weighted by molar-refractivity contribution is 0.130. The second-order valence-corrected chi connectivity index (χ2v) is 3.19. The molecular formula is C7H13NO. The maximum atomic E-state index is 5.35. The minimum absolute atomic E-state index is 0.505. The van der Waals surface area contributed by atoms with Gasteiger partial charge in [0.05, 0.1) is 0 Å². The van der Waals surface area contributed by atoms with Crippen molar-refractivity contribution < 1.29 is 4.74 Å². The van der Waals surface area contributed by atoms with Crippen LogP contribution in [0.3, 0.4) is 0 Å². The zero-order valence-electron chi connectivity index (χ0n) is 6.00. The maximum Gasteiger partial charge on any atom is 0.138 e. The minimum atomic E-state index is 0.505. The van der Waals surface area contributed by atoms with E-state index in [1.807, 2.05) is 0 Å². The van der Waals surface area contributed by atoms with E-state index in [0.717, 1.165) is 0 Å². The second-order valence-electron chi connectivity index (χ2n) is 3.19. The molecule has 0 aliphatic carbocycles. The predicted octanol–water partition coefficient (Wildman–Crippen LogP) is 0.825. The number of fused-ring (bicyclic) bond motifs is 1. The molecule has 0 N–H and O–H groups in total. The van der Waals surface area contributed by atoms with Crippen LogP contribution in [0, 0.1) is 0 Å². The molecule has 0 aromatic rings. The molecule has 0 radical (unpaired) electrons. The van der Waals surface area contributed by atoms with Crippen LogP contribution in [0.5, 0.6) is 0 Å². The fourth-order valence-electron chi connectivity index (χ4n) is 1.59. The highest BCUT2D eigenvalue weighted by Crippen LogP contribution is 2.36. The summed E-state index contributed by atoms with van der Waals surface area (Å²) in [6, 6.07) is 0.669. The van der Waals surface area contributed by atoms with Gasteiger partial charge in [-0.3, -0.25) is 4.90 Å². The standard InChI is InChI=1S/C7H13NO/c1-5(2)8-4-3-6-7(8)9-6/h5-7H,3-4H2,1-2H3. The fourth-order valence-corrected chi connectivity index (χ4v) is 1.59. The largest absolute Gasteiger partial charge is 0.353 e. The van der Waals surface area contributed by atoms with Gasteiger partial charge in [0.2, 0.25) is 0 Å². The number of nitrogens with zero attached hydrogens (tertiary/aromatic N) is 1. The summed E-state index contributed by atoms with van der Waals surface area (Å²) in [7, 11) is 0. The quantitative estimate of drug-likeness (QED) is 0.485. The highest BCUT2D eigenvalue weighted by molar-refractivity contribution is 4.93. The first-order valence-corrected chi connectivity index (χ1v) is 3.70. The van der Waals surface area contributed by atoms with Gasteiger partial charge in [0.25, 0.3) is 0 Å². The molecular weight excluding hydrogens is 114 g/mol. The van der Waals surface area contributed by atoms with Gasteiger partial charge in [-0.1, -0.05) is 0 Å². The molecule has 2 atom stereocenters. The van der Waals surface area contributed by atoms with Gasteiger partial charge in [0, 0.05) is 12.6 Å². The van der Waals surface area contributed by atoms with Gasteiger partial charge in [0.15, 0.2) is 0 Å². The van der Waals surface area contributed by atoms with Gasteiger partial charge in [-0.05, 0) is 20.3 Å². The fraction of sp³-hybridized carbons (Fsp3) is 1.00.